The van der Waals surface area contributed by atoms with Crippen molar-refractivity contribution in [3.63, 3.8) is 0 Å². The highest BCUT2D eigenvalue weighted by atomic mass is 35.5. The Morgan fingerprint density at radius 3 is 2.75 bits per heavy atom. The fourth-order valence-electron chi connectivity index (χ4n) is 2.36. The predicted octanol–water partition coefficient (Wildman–Crippen LogP) is 3.70. The second kappa shape index (κ2) is 6.42. The summed E-state index contributed by atoms with van der Waals surface area (Å²) in [6, 6.07) is 7.82. The van der Waals surface area contributed by atoms with Crippen molar-refractivity contribution in [3.05, 3.63) is 51.8 Å². The van der Waals surface area contributed by atoms with Crippen molar-refractivity contribution in [1.29, 1.82) is 0 Å². The maximum Gasteiger partial charge on any atom is 0.0859 e. The zero-order valence-electron chi connectivity index (χ0n) is 12.2. The number of aliphatic hydroxyl groups is 1. The van der Waals surface area contributed by atoms with Gasteiger partial charge in [-0.1, -0.05) is 36.7 Å². The molecule has 1 heterocycles. The zero-order valence-corrected chi connectivity index (χ0v) is 13.0. The molecule has 1 N–H and O–H groups in total. The van der Waals surface area contributed by atoms with E-state index in [0.717, 1.165) is 35.5 Å². The lowest BCUT2D eigenvalue weighted by Crippen LogP contribution is -2.09. The van der Waals surface area contributed by atoms with Gasteiger partial charge in [0.05, 0.1) is 11.8 Å². The van der Waals surface area contributed by atoms with E-state index in [-0.39, 0.29) is 0 Å². The van der Waals surface area contributed by atoms with Crippen molar-refractivity contribution >= 4 is 11.6 Å². The molecule has 0 saturated heterocycles. The Morgan fingerprint density at radius 1 is 1.35 bits per heavy atom. The van der Waals surface area contributed by atoms with Crippen LogP contribution in [0.3, 0.4) is 0 Å². The standard InChI is InChI=1S/C16H21ClN2O/c1-4-12-9-13(19(5-2)18-12)10-15(20)14-8-6-7-11(3)16(14)17/h6-9,15,20H,4-5,10H2,1-3H3. The van der Waals surface area contributed by atoms with Crippen molar-refractivity contribution in [3.8, 4) is 0 Å². The first-order valence-corrected chi connectivity index (χ1v) is 7.43. The third-order valence-electron chi connectivity index (χ3n) is 3.56. The van der Waals surface area contributed by atoms with Gasteiger partial charge in [0.25, 0.3) is 0 Å². The molecule has 3 nitrogen and oxygen atoms in total. The topological polar surface area (TPSA) is 38.0 Å². The minimum absolute atomic E-state index is 0.532. The molecule has 2 aromatic rings. The van der Waals surface area contributed by atoms with E-state index in [2.05, 4.69) is 25.0 Å². The van der Waals surface area contributed by atoms with Gasteiger partial charge in [-0.3, -0.25) is 4.68 Å². The number of aryl methyl sites for hydroxylation is 3. The normalized spacial score (nSPS) is 12.7. The van der Waals surface area contributed by atoms with Gasteiger partial charge >= 0.3 is 0 Å². The maximum absolute atomic E-state index is 10.5. The summed E-state index contributed by atoms with van der Waals surface area (Å²) < 4.78 is 1.95. The third-order valence-corrected chi connectivity index (χ3v) is 4.08. The van der Waals surface area contributed by atoms with Gasteiger partial charge in [0.2, 0.25) is 0 Å². The summed E-state index contributed by atoms with van der Waals surface area (Å²) >= 11 is 6.28. The molecule has 0 spiro atoms. The van der Waals surface area contributed by atoms with E-state index in [0.29, 0.717) is 11.4 Å². The highest BCUT2D eigenvalue weighted by Gasteiger charge is 2.16. The molecule has 108 valence electrons. The average molecular weight is 293 g/mol. The van der Waals surface area contributed by atoms with Crippen molar-refractivity contribution in [2.75, 3.05) is 0 Å². The fraction of sp³-hybridized carbons (Fsp3) is 0.438. The number of hydrogen-bond acceptors (Lipinski definition) is 2. The summed E-state index contributed by atoms with van der Waals surface area (Å²) in [5.41, 5.74) is 3.88. The van der Waals surface area contributed by atoms with E-state index in [9.17, 15) is 5.11 Å². The van der Waals surface area contributed by atoms with Gasteiger partial charge < -0.3 is 5.11 Å². The van der Waals surface area contributed by atoms with Crippen LogP contribution < -0.4 is 0 Å². The number of benzene rings is 1. The van der Waals surface area contributed by atoms with Gasteiger partial charge in [0.1, 0.15) is 0 Å². The van der Waals surface area contributed by atoms with Crippen molar-refractivity contribution in [2.45, 2.75) is 46.3 Å². The van der Waals surface area contributed by atoms with Gasteiger partial charge in [-0.2, -0.15) is 5.10 Å². The monoisotopic (exact) mass is 292 g/mol. The molecule has 1 unspecified atom stereocenters. The quantitative estimate of drug-likeness (QED) is 0.912. The van der Waals surface area contributed by atoms with Crippen LogP contribution in [0, 0.1) is 6.92 Å². The van der Waals surface area contributed by atoms with Crippen LogP contribution in [0.25, 0.3) is 0 Å². The van der Waals surface area contributed by atoms with Crippen molar-refractivity contribution < 1.29 is 5.11 Å². The summed E-state index contributed by atoms with van der Waals surface area (Å²) in [4.78, 5) is 0. The molecule has 0 saturated carbocycles. The Bertz CT molecular complexity index is 592. The van der Waals surface area contributed by atoms with Crippen molar-refractivity contribution in [2.24, 2.45) is 0 Å². The Morgan fingerprint density at radius 2 is 2.10 bits per heavy atom. The summed E-state index contributed by atoms with van der Waals surface area (Å²) in [6.07, 6.45) is 0.833. The second-order valence-corrected chi connectivity index (χ2v) is 5.37. The molecule has 0 aliphatic heterocycles. The van der Waals surface area contributed by atoms with E-state index < -0.39 is 6.10 Å². The van der Waals surface area contributed by atoms with Crippen LogP contribution in [0.5, 0.6) is 0 Å². The number of hydrogen-bond donors (Lipinski definition) is 1. The Balaban J connectivity index is 2.25. The number of nitrogens with zero attached hydrogens (tertiary/aromatic N) is 2. The van der Waals surface area contributed by atoms with Crippen molar-refractivity contribution in [1.82, 2.24) is 9.78 Å². The number of aliphatic hydroxyl groups excluding tert-OH is 1. The summed E-state index contributed by atoms with van der Waals surface area (Å²) in [7, 11) is 0. The summed E-state index contributed by atoms with van der Waals surface area (Å²) in [5, 5.41) is 15.6. The number of halogens is 1. The molecule has 0 aliphatic rings. The van der Waals surface area contributed by atoms with Crippen LogP contribution in [0.15, 0.2) is 24.3 Å². The molecule has 2 rings (SSSR count). The molecule has 1 aromatic carbocycles. The predicted molar refractivity (Wildman–Crippen MR) is 82.1 cm³/mol. The minimum atomic E-state index is -0.603. The molecule has 0 bridgehead atoms. The molecule has 4 heteroatoms. The molecule has 20 heavy (non-hydrogen) atoms. The Kier molecular flexibility index (Phi) is 4.84. The van der Waals surface area contributed by atoms with Gasteiger partial charge in [0.15, 0.2) is 0 Å². The molecular weight excluding hydrogens is 272 g/mol. The van der Waals surface area contributed by atoms with Crippen LogP contribution in [-0.2, 0) is 19.4 Å². The van der Waals surface area contributed by atoms with Crippen LogP contribution in [-0.4, -0.2) is 14.9 Å². The lowest BCUT2D eigenvalue weighted by molar-refractivity contribution is 0.175. The van der Waals surface area contributed by atoms with E-state index in [4.69, 9.17) is 11.6 Å². The Hall–Kier alpha value is -1.32. The SMILES string of the molecule is CCc1cc(CC(O)c2cccc(C)c2Cl)n(CC)n1. The zero-order chi connectivity index (χ0) is 14.7. The molecule has 0 radical (unpaired) electrons. The molecule has 0 fully saturated rings. The molecule has 0 aliphatic carbocycles. The molecule has 1 atom stereocenters. The van der Waals surface area contributed by atoms with Gasteiger partial charge in [-0.25, -0.2) is 0 Å². The highest BCUT2D eigenvalue weighted by Crippen LogP contribution is 2.28. The van der Waals surface area contributed by atoms with Crippen LogP contribution in [0.2, 0.25) is 5.02 Å². The summed E-state index contributed by atoms with van der Waals surface area (Å²) in [5.74, 6) is 0. The summed E-state index contributed by atoms with van der Waals surface area (Å²) in [6.45, 7) is 6.90. The molecular formula is C16H21ClN2O. The highest BCUT2D eigenvalue weighted by molar-refractivity contribution is 6.32. The van der Waals surface area contributed by atoms with Gasteiger partial charge in [-0.15, -0.1) is 0 Å². The smallest absolute Gasteiger partial charge is 0.0859 e. The van der Waals surface area contributed by atoms with E-state index in [1.54, 1.807) is 0 Å². The van der Waals surface area contributed by atoms with E-state index >= 15 is 0 Å². The number of rotatable bonds is 5. The van der Waals surface area contributed by atoms with E-state index in [1.165, 1.54) is 0 Å². The minimum Gasteiger partial charge on any atom is -0.388 e. The first kappa shape index (κ1) is 15.1. The first-order valence-electron chi connectivity index (χ1n) is 7.05. The lowest BCUT2D eigenvalue weighted by Gasteiger charge is -2.14. The van der Waals surface area contributed by atoms with Crippen LogP contribution >= 0.6 is 11.6 Å². The molecule has 1 aromatic heterocycles. The van der Waals surface area contributed by atoms with E-state index in [1.807, 2.05) is 29.8 Å². The third kappa shape index (κ3) is 3.05. The van der Waals surface area contributed by atoms with Crippen LogP contribution in [0.4, 0.5) is 0 Å². The molecule has 0 amide bonds. The average Bonchev–Trinajstić information content (AvgIpc) is 2.84. The number of aromatic nitrogens is 2. The van der Waals surface area contributed by atoms with Gasteiger partial charge in [-0.05, 0) is 37.5 Å². The largest absolute Gasteiger partial charge is 0.388 e. The Labute approximate surface area is 125 Å². The lowest BCUT2D eigenvalue weighted by atomic mass is 10.0. The maximum atomic E-state index is 10.5. The second-order valence-electron chi connectivity index (χ2n) is 4.99. The first-order chi connectivity index (χ1) is 9.56. The fourth-order valence-corrected chi connectivity index (χ4v) is 2.61. The van der Waals surface area contributed by atoms with Gasteiger partial charge in [0, 0.05) is 23.7 Å². The van der Waals surface area contributed by atoms with Crippen LogP contribution in [0.1, 0.15) is 42.5 Å².